The smallest absolute Gasteiger partial charge is 0.411 e. The van der Waals surface area contributed by atoms with Crippen LogP contribution in [0.5, 0.6) is 0 Å². The summed E-state index contributed by atoms with van der Waals surface area (Å²) in [6, 6.07) is 13.8. The molecule has 0 aliphatic carbocycles. The zero-order chi connectivity index (χ0) is 15.3. The molecule has 21 heavy (non-hydrogen) atoms. The van der Waals surface area contributed by atoms with Crippen molar-refractivity contribution < 1.29 is 21.8 Å². The molecule has 7 heteroatoms. The molecule has 5 nitrogen and oxygen atoms in total. The Bertz CT molecular complexity index is 714. The highest BCUT2D eigenvalue weighted by Crippen LogP contribution is 2.16. The summed E-state index contributed by atoms with van der Waals surface area (Å²) >= 11 is 0. The van der Waals surface area contributed by atoms with E-state index in [1.807, 2.05) is 30.3 Å². The molecule has 0 saturated heterocycles. The Morgan fingerprint density at radius 1 is 1.05 bits per heavy atom. The van der Waals surface area contributed by atoms with Crippen LogP contribution in [0.3, 0.4) is 0 Å². The van der Waals surface area contributed by atoms with Crippen molar-refractivity contribution in [2.24, 2.45) is 0 Å². The second-order valence-electron chi connectivity index (χ2n) is 4.15. The summed E-state index contributed by atoms with van der Waals surface area (Å²) in [6.07, 6.45) is -0.685. The Labute approximate surface area is 121 Å². The van der Waals surface area contributed by atoms with E-state index in [0.717, 1.165) is 17.7 Å². The van der Waals surface area contributed by atoms with Gasteiger partial charge in [-0.25, -0.2) is 4.79 Å². The Kier molecular flexibility index (Phi) is 4.54. The third-order valence-corrected chi connectivity index (χ3v) is 3.43. The molecular formula is C14H12FNO4S. The van der Waals surface area contributed by atoms with Crippen LogP contribution >= 0.6 is 0 Å². The standard InChI is InChI=1S/C14H12FNO4S/c15-21(18,19)13-8-6-12(7-9-13)16-14(17)20-10-11-4-2-1-3-5-11/h1-9H,10H2,(H,16,17). The van der Waals surface area contributed by atoms with Gasteiger partial charge in [-0.2, -0.15) is 8.42 Å². The van der Waals surface area contributed by atoms with Gasteiger partial charge in [0.15, 0.2) is 0 Å². The quantitative estimate of drug-likeness (QED) is 0.881. The average molecular weight is 309 g/mol. The van der Waals surface area contributed by atoms with Gasteiger partial charge in [-0.05, 0) is 29.8 Å². The van der Waals surface area contributed by atoms with Gasteiger partial charge in [0.25, 0.3) is 0 Å². The Morgan fingerprint density at radius 3 is 2.24 bits per heavy atom. The van der Waals surface area contributed by atoms with Gasteiger partial charge in [0.2, 0.25) is 0 Å². The van der Waals surface area contributed by atoms with Gasteiger partial charge in [-0.3, -0.25) is 5.32 Å². The van der Waals surface area contributed by atoms with E-state index in [4.69, 9.17) is 4.74 Å². The van der Waals surface area contributed by atoms with Crippen LogP contribution in [0.2, 0.25) is 0 Å². The summed E-state index contributed by atoms with van der Waals surface area (Å²) in [5.74, 6) is 0. The molecule has 2 aromatic rings. The Hall–Kier alpha value is -2.41. The van der Waals surface area contributed by atoms with Crippen LogP contribution in [0, 0.1) is 0 Å². The van der Waals surface area contributed by atoms with Crippen molar-refractivity contribution in [3.05, 3.63) is 60.2 Å². The lowest BCUT2D eigenvalue weighted by atomic mass is 10.2. The number of anilines is 1. The van der Waals surface area contributed by atoms with Crippen LogP contribution in [0.25, 0.3) is 0 Å². The van der Waals surface area contributed by atoms with E-state index in [-0.39, 0.29) is 6.61 Å². The Balaban J connectivity index is 1.91. The highest BCUT2D eigenvalue weighted by Gasteiger charge is 2.11. The van der Waals surface area contributed by atoms with Crippen LogP contribution in [0.4, 0.5) is 14.4 Å². The molecule has 0 fully saturated rings. The van der Waals surface area contributed by atoms with E-state index in [0.29, 0.717) is 5.69 Å². The molecule has 110 valence electrons. The van der Waals surface area contributed by atoms with Crippen LogP contribution < -0.4 is 5.32 Å². The monoisotopic (exact) mass is 309 g/mol. The van der Waals surface area contributed by atoms with Crippen molar-refractivity contribution in [1.29, 1.82) is 0 Å². The van der Waals surface area contributed by atoms with E-state index in [1.54, 1.807) is 0 Å². The van der Waals surface area contributed by atoms with Crippen molar-refractivity contribution in [3.63, 3.8) is 0 Å². The third-order valence-electron chi connectivity index (χ3n) is 2.60. The van der Waals surface area contributed by atoms with E-state index in [1.165, 1.54) is 12.1 Å². The molecule has 1 amide bonds. The lowest BCUT2D eigenvalue weighted by molar-refractivity contribution is 0.155. The average Bonchev–Trinajstić information content (AvgIpc) is 2.46. The molecule has 0 unspecified atom stereocenters. The predicted octanol–water partition coefficient (Wildman–Crippen LogP) is 3.09. The van der Waals surface area contributed by atoms with E-state index >= 15 is 0 Å². The largest absolute Gasteiger partial charge is 0.444 e. The first-order valence-electron chi connectivity index (χ1n) is 5.97. The van der Waals surface area contributed by atoms with Crippen molar-refractivity contribution in [3.8, 4) is 0 Å². The minimum atomic E-state index is -4.74. The fourth-order valence-electron chi connectivity index (χ4n) is 1.58. The van der Waals surface area contributed by atoms with Gasteiger partial charge in [0, 0.05) is 5.69 Å². The number of nitrogens with one attached hydrogen (secondary N) is 1. The lowest BCUT2D eigenvalue weighted by Crippen LogP contribution is -2.13. The van der Waals surface area contributed by atoms with E-state index in [2.05, 4.69) is 5.32 Å². The van der Waals surface area contributed by atoms with Crippen molar-refractivity contribution >= 4 is 22.0 Å². The molecule has 0 atom stereocenters. The normalized spacial score (nSPS) is 10.9. The summed E-state index contributed by atoms with van der Waals surface area (Å²) in [5.41, 5.74) is 1.15. The van der Waals surface area contributed by atoms with Crippen molar-refractivity contribution in [2.75, 3.05) is 5.32 Å². The van der Waals surface area contributed by atoms with Gasteiger partial charge in [0.05, 0.1) is 4.90 Å². The third kappa shape index (κ3) is 4.57. The van der Waals surface area contributed by atoms with Gasteiger partial charge >= 0.3 is 16.3 Å². The van der Waals surface area contributed by atoms with E-state index < -0.39 is 21.2 Å². The highest BCUT2D eigenvalue weighted by atomic mass is 32.3. The molecule has 0 radical (unpaired) electrons. The number of amides is 1. The molecule has 0 spiro atoms. The fraction of sp³-hybridized carbons (Fsp3) is 0.0714. The van der Waals surface area contributed by atoms with Crippen LogP contribution in [0.1, 0.15) is 5.56 Å². The summed E-state index contributed by atoms with van der Waals surface area (Å²) < 4.78 is 39.0. The first-order chi connectivity index (χ1) is 9.95. The maximum absolute atomic E-state index is 12.7. The van der Waals surface area contributed by atoms with E-state index in [9.17, 15) is 17.1 Å². The highest BCUT2D eigenvalue weighted by molar-refractivity contribution is 7.86. The molecule has 0 heterocycles. The molecule has 0 bridgehead atoms. The van der Waals surface area contributed by atoms with Gasteiger partial charge < -0.3 is 4.74 Å². The molecule has 0 aromatic heterocycles. The molecule has 2 rings (SSSR count). The zero-order valence-corrected chi connectivity index (χ0v) is 11.6. The Morgan fingerprint density at radius 2 is 1.67 bits per heavy atom. The fourth-order valence-corrected chi connectivity index (χ4v) is 2.04. The summed E-state index contributed by atoms with van der Waals surface area (Å²) in [5, 5.41) is 2.41. The summed E-state index contributed by atoms with van der Waals surface area (Å²) in [7, 11) is -4.74. The molecule has 1 N–H and O–H groups in total. The number of halogens is 1. The maximum atomic E-state index is 12.7. The summed E-state index contributed by atoms with van der Waals surface area (Å²) in [4.78, 5) is 11.1. The number of rotatable bonds is 4. The second-order valence-corrected chi connectivity index (χ2v) is 5.50. The minimum Gasteiger partial charge on any atom is -0.444 e. The van der Waals surface area contributed by atoms with Crippen LogP contribution in [-0.4, -0.2) is 14.5 Å². The molecule has 2 aromatic carbocycles. The van der Waals surface area contributed by atoms with Crippen LogP contribution in [0.15, 0.2) is 59.5 Å². The molecule has 0 saturated carbocycles. The second kappa shape index (κ2) is 6.36. The number of carbonyl (C=O) groups is 1. The number of ether oxygens (including phenoxy) is 1. The topological polar surface area (TPSA) is 72.5 Å². The molecular weight excluding hydrogens is 297 g/mol. The van der Waals surface area contributed by atoms with Gasteiger partial charge in [-0.15, -0.1) is 3.89 Å². The molecule has 0 aliphatic heterocycles. The minimum absolute atomic E-state index is 0.115. The lowest BCUT2D eigenvalue weighted by Gasteiger charge is -2.07. The first kappa shape index (κ1) is 15.0. The van der Waals surface area contributed by atoms with Crippen LogP contribution in [-0.2, 0) is 21.6 Å². The summed E-state index contributed by atoms with van der Waals surface area (Å²) in [6.45, 7) is 0.115. The van der Waals surface area contributed by atoms with Gasteiger partial charge in [0.1, 0.15) is 6.61 Å². The molecule has 0 aliphatic rings. The first-order valence-corrected chi connectivity index (χ1v) is 7.36. The number of benzene rings is 2. The van der Waals surface area contributed by atoms with Crippen molar-refractivity contribution in [2.45, 2.75) is 11.5 Å². The predicted molar refractivity (Wildman–Crippen MR) is 75.0 cm³/mol. The number of hydrogen-bond donors (Lipinski definition) is 1. The van der Waals surface area contributed by atoms with Crippen molar-refractivity contribution in [1.82, 2.24) is 0 Å². The number of carbonyl (C=O) groups excluding carboxylic acids is 1. The SMILES string of the molecule is O=C(Nc1ccc(S(=O)(=O)F)cc1)OCc1ccccc1. The zero-order valence-electron chi connectivity index (χ0n) is 10.8. The van der Waals surface area contributed by atoms with Gasteiger partial charge in [-0.1, -0.05) is 30.3 Å². The number of hydrogen-bond acceptors (Lipinski definition) is 4. The maximum Gasteiger partial charge on any atom is 0.411 e.